The number of fused-ring (bicyclic) bond motifs is 1. The zero-order chi connectivity index (χ0) is 20.2. The van der Waals surface area contributed by atoms with Gasteiger partial charge in [-0.15, -0.1) is 0 Å². The first-order valence-electron chi connectivity index (χ1n) is 10.1. The summed E-state index contributed by atoms with van der Waals surface area (Å²) in [5.41, 5.74) is 5.45. The highest BCUT2D eigenvalue weighted by Crippen LogP contribution is 2.54. The second-order valence-electron chi connectivity index (χ2n) is 9.10. The summed E-state index contributed by atoms with van der Waals surface area (Å²) in [6, 6.07) is 20.6. The fourth-order valence-electron chi connectivity index (χ4n) is 5.07. The van der Waals surface area contributed by atoms with Crippen LogP contribution in [0.5, 0.6) is 0 Å². The van der Waals surface area contributed by atoms with Crippen LogP contribution in [-0.4, -0.2) is 16.0 Å². The first-order chi connectivity index (χ1) is 13.9. The molecule has 3 aromatic rings. The molecule has 2 aliphatic rings. The van der Waals surface area contributed by atoms with Gasteiger partial charge in [0, 0.05) is 23.3 Å². The van der Waals surface area contributed by atoms with Crippen LogP contribution in [0, 0.1) is 5.41 Å². The summed E-state index contributed by atoms with van der Waals surface area (Å²) in [6.45, 7) is 6.49. The first kappa shape index (κ1) is 17.9. The minimum atomic E-state index is -0.567. The van der Waals surface area contributed by atoms with Crippen molar-refractivity contribution in [2.45, 2.75) is 39.0 Å². The lowest BCUT2D eigenvalue weighted by molar-refractivity contribution is -0.118. The van der Waals surface area contributed by atoms with E-state index in [9.17, 15) is 4.79 Å². The number of aromatic nitrogens is 2. The summed E-state index contributed by atoms with van der Waals surface area (Å²) in [4.78, 5) is 13.5. The van der Waals surface area contributed by atoms with Crippen LogP contribution in [0.2, 0.25) is 0 Å². The number of hydrogen-bond donors (Lipinski definition) is 2. The van der Waals surface area contributed by atoms with Crippen molar-refractivity contribution in [1.29, 1.82) is 0 Å². The third-order valence-corrected chi connectivity index (χ3v) is 6.32. The lowest BCUT2D eigenvalue weighted by Gasteiger charge is -2.43. The Morgan fingerprint density at radius 2 is 1.55 bits per heavy atom. The summed E-state index contributed by atoms with van der Waals surface area (Å²) in [7, 11) is 0. The molecule has 2 heterocycles. The van der Waals surface area contributed by atoms with Crippen LogP contribution in [0.4, 0.5) is 5.82 Å². The van der Waals surface area contributed by atoms with Gasteiger partial charge in [-0.3, -0.25) is 9.89 Å². The Balaban J connectivity index is 1.81. The second-order valence-corrected chi connectivity index (χ2v) is 9.10. The summed E-state index contributed by atoms with van der Waals surface area (Å²) in [5.74, 6) is 1.04. The van der Waals surface area contributed by atoms with Crippen molar-refractivity contribution in [1.82, 2.24) is 10.2 Å². The highest BCUT2D eigenvalue weighted by atomic mass is 16.1. The highest BCUT2D eigenvalue weighted by Gasteiger charge is 2.49. The monoisotopic (exact) mass is 383 g/mol. The standard InChI is InChI=1S/C25H25N3O/c1-24(2)14-18-20(19(29)15-24)25(3,17-12-8-5-9-13-17)21-22(27-28-23(21)26-18)16-10-6-4-7-11-16/h4-13H,14-15H2,1-3H3,(H2,26,27,28). The molecule has 1 aromatic heterocycles. The zero-order valence-electron chi connectivity index (χ0n) is 17.0. The lowest BCUT2D eigenvalue weighted by atomic mass is 9.61. The molecule has 2 aromatic carbocycles. The van der Waals surface area contributed by atoms with Gasteiger partial charge in [-0.2, -0.15) is 5.10 Å². The molecule has 1 aliphatic carbocycles. The van der Waals surface area contributed by atoms with Gasteiger partial charge in [-0.1, -0.05) is 74.5 Å². The predicted octanol–water partition coefficient (Wildman–Crippen LogP) is 5.45. The number of H-pyrrole nitrogens is 1. The van der Waals surface area contributed by atoms with E-state index in [2.05, 4.69) is 60.6 Å². The van der Waals surface area contributed by atoms with E-state index in [4.69, 9.17) is 0 Å². The predicted molar refractivity (Wildman–Crippen MR) is 116 cm³/mol. The maximum atomic E-state index is 13.5. The number of nitrogens with zero attached hydrogens (tertiary/aromatic N) is 1. The van der Waals surface area contributed by atoms with Crippen LogP contribution in [-0.2, 0) is 10.2 Å². The van der Waals surface area contributed by atoms with Crippen molar-refractivity contribution >= 4 is 11.6 Å². The number of Topliss-reactive ketones (excluding diaryl/α,β-unsaturated/α-hetero) is 1. The van der Waals surface area contributed by atoms with Crippen LogP contribution < -0.4 is 5.32 Å². The molecule has 0 bridgehead atoms. The molecule has 0 saturated heterocycles. The Bertz CT molecular complexity index is 1130. The highest BCUT2D eigenvalue weighted by molar-refractivity contribution is 6.03. The molecule has 0 amide bonds. The van der Waals surface area contributed by atoms with Crippen molar-refractivity contribution in [3.05, 3.63) is 83.1 Å². The average molecular weight is 383 g/mol. The molecule has 1 aliphatic heterocycles. The number of aromatic amines is 1. The number of anilines is 1. The fourth-order valence-corrected chi connectivity index (χ4v) is 5.07. The number of carbonyl (C=O) groups is 1. The third-order valence-electron chi connectivity index (χ3n) is 6.32. The van der Waals surface area contributed by atoms with Gasteiger partial charge in [-0.05, 0) is 29.9 Å². The molecule has 1 atom stereocenters. The van der Waals surface area contributed by atoms with Crippen molar-refractivity contribution in [2.75, 3.05) is 5.32 Å². The number of ketones is 1. The number of benzene rings is 2. The quantitative estimate of drug-likeness (QED) is 0.618. The van der Waals surface area contributed by atoms with Crippen LogP contribution in [0.3, 0.4) is 0 Å². The maximum absolute atomic E-state index is 13.5. The van der Waals surface area contributed by atoms with E-state index in [0.29, 0.717) is 6.42 Å². The van der Waals surface area contributed by atoms with E-state index in [-0.39, 0.29) is 11.2 Å². The smallest absolute Gasteiger partial charge is 0.162 e. The van der Waals surface area contributed by atoms with E-state index in [1.54, 1.807) is 0 Å². The molecular weight excluding hydrogens is 358 g/mol. The van der Waals surface area contributed by atoms with E-state index in [1.807, 2.05) is 36.4 Å². The van der Waals surface area contributed by atoms with Crippen molar-refractivity contribution in [3.8, 4) is 11.3 Å². The number of nitrogens with one attached hydrogen (secondary N) is 2. The van der Waals surface area contributed by atoms with Gasteiger partial charge in [0.15, 0.2) is 11.6 Å². The Labute approximate surface area is 171 Å². The Morgan fingerprint density at radius 3 is 2.24 bits per heavy atom. The molecule has 29 heavy (non-hydrogen) atoms. The Hall–Kier alpha value is -3.14. The van der Waals surface area contributed by atoms with Gasteiger partial charge in [0.05, 0.1) is 11.1 Å². The van der Waals surface area contributed by atoms with Gasteiger partial charge in [0.2, 0.25) is 0 Å². The summed E-state index contributed by atoms with van der Waals surface area (Å²) in [5, 5.41) is 11.4. The number of carbonyl (C=O) groups excluding carboxylic acids is 1. The summed E-state index contributed by atoms with van der Waals surface area (Å²) >= 11 is 0. The lowest BCUT2D eigenvalue weighted by Crippen LogP contribution is -2.42. The van der Waals surface area contributed by atoms with Crippen molar-refractivity contribution in [2.24, 2.45) is 5.41 Å². The van der Waals surface area contributed by atoms with Gasteiger partial charge < -0.3 is 5.32 Å². The average Bonchev–Trinajstić information content (AvgIpc) is 3.12. The summed E-state index contributed by atoms with van der Waals surface area (Å²) in [6.07, 6.45) is 1.40. The van der Waals surface area contributed by atoms with Gasteiger partial charge >= 0.3 is 0 Å². The Kier molecular flexibility index (Phi) is 3.82. The molecule has 2 N–H and O–H groups in total. The van der Waals surface area contributed by atoms with E-state index in [1.165, 1.54) is 0 Å². The molecular formula is C25H25N3O. The van der Waals surface area contributed by atoms with Gasteiger partial charge in [0.25, 0.3) is 0 Å². The second kappa shape index (κ2) is 6.18. The van der Waals surface area contributed by atoms with Crippen molar-refractivity contribution in [3.63, 3.8) is 0 Å². The summed E-state index contributed by atoms with van der Waals surface area (Å²) < 4.78 is 0. The molecule has 0 radical (unpaired) electrons. The van der Waals surface area contributed by atoms with Crippen LogP contribution in [0.25, 0.3) is 11.3 Å². The maximum Gasteiger partial charge on any atom is 0.162 e. The third kappa shape index (κ3) is 2.66. The van der Waals surface area contributed by atoms with Crippen LogP contribution in [0.15, 0.2) is 71.9 Å². The molecule has 0 saturated carbocycles. The largest absolute Gasteiger partial charge is 0.342 e. The number of hydrogen-bond acceptors (Lipinski definition) is 3. The number of allylic oxidation sites excluding steroid dienone is 2. The molecule has 1 unspecified atom stereocenters. The minimum absolute atomic E-state index is 0.0589. The molecule has 4 heteroatoms. The van der Waals surface area contributed by atoms with Crippen molar-refractivity contribution < 1.29 is 4.79 Å². The Morgan fingerprint density at radius 1 is 0.897 bits per heavy atom. The van der Waals surface area contributed by atoms with Gasteiger partial charge in [-0.25, -0.2) is 0 Å². The minimum Gasteiger partial charge on any atom is -0.342 e. The SMILES string of the molecule is CC1(C)CC(=O)C2=C(C1)Nc1n[nH]c(-c3ccccc3)c1C2(C)c1ccccc1. The number of rotatable bonds is 2. The normalized spacial score (nSPS) is 22.7. The molecule has 0 spiro atoms. The fraction of sp³-hybridized carbons (Fsp3) is 0.280. The topological polar surface area (TPSA) is 57.8 Å². The van der Waals surface area contributed by atoms with E-state index in [0.717, 1.165) is 45.9 Å². The van der Waals surface area contributed by atoms with E-state index >= 15 is 0 Å². The van der Waals surface area contributed by atoms with Crippen LogP contribution in [0.1, 0.15) is 44.7 Å². The zero-order valence-corrected chi connectivity index (χ0v) is 17.0. The molecule has 0 fully saturated rings. The first-order valence-corrected chi connectivity index (χ1v) is 10.1. The van der Waals surface area contributed by atoms with E-state index < -0.39 is 5.41 Å². The molecule has 5 rings (SSSR count). The van der Waals surface area contributed by atoms with Crippen LogP contribution >= 0.6 is 0 Å². The van der Waals surface area contributed by atoms with Gasteiger partial charge in [0.1, 0.15) is 0 Å². The molecule has 146 valence electrons. The molecule has 4 nitrogen and oxygen atoms in total.